The topological polar surface area (TPSA) is 41.5 Å². The molecule has 1 aliphatic heterocycles. The van der Waals surface area contributed by atoms with E-state index in [9.17, 15) is 5.11 Å². The Morgan fingerprint density at radius 1 is 1.44 bits per heavy atom. The van der Waals surface area contributed by atoms with Crippen molar-refractivity contribution in [2.45, 2.75) is 38.1 Å². The van der Waals surface area contributed by atoms with Gasteiger partial charge in [0.25, 0.3) is 0 Å². The van der Waals surface area contributed by atoms with Crippen molar-refractivity contribution in [2.24, 2.45) is 0 Å². The summed E-state index contributed by atoms with van der Waals surface area (Å²) < 4.78 is 5.67. The Kier molecular flexibility index (Phi) is 4.68. The van der Waals surface area contributed by atoms with Gasteiger partial charge < -0.3 is 15.2 Å². The third-order valence-electron chi connectivity index (χ3n) is 3.09. The van der Waals surface area contributed by atoms with E-state index in [0.29, 0.717) is 17.2 Å². The Morgan fingerprint density at radius 3 is 2.67 bits per heavy atom. The van der Waals surface area contributed by atoms with Crippen molar-refractivity contribution in [3.05, 3.63) is 34.9 Å². The van der Waals surface area contributed by atoms with Crippen LogP contribution in [0.25, 0.3) is 0 Å². The van der Waals surface area contributed by atoms with Crippen molar-refractivity contribution in [2.75, 3.05) is 6.61 Å². The van der Waals surface area contributed by atoms with Gasteiger partial charge in [0.1, 0.15) is 0 Å². The standard InChI is InChI=1S/C13H18ClNO2.ClH/c1-9-13(16,17-8-12(2,3)15-9)10-5-4-6-11(14)7-10;/h4-7,9,15-16H,8H2,1-3H3;1H. The van der Waals surface area contributed by atoms with Crippen LogP contribution < -0.4 is 5.32 Å². The lowest BCUT2D eigenvalue weighted by Gasteiger charge is -2.46. The fraction of sp³-hybridized carbons (Fsp3) is 0.538. The molecular weight excluding hydrogens is 273 g/mol. The highest BCUT2D eigenvalue weighted by Crippen LogP contribution is 2.33. The summed E-state index contributed by atoms with van der Waals surface area (Å²) in [5, 5.41) is 14.6. The smallest absolute Gasteiger partial charge is 0.208 e. The van der Waals surface area contributed by atoms with Crippen molar-refractivity contribution >= 4 is 24.0 Å². The minimum Gasteiger partial charge on any atom is -0.361 e. The fourth-order valence-electron chi connectivity index (χ4n) is 2.19. The van der Waals surface area contributed by atoms with Gasteiger partial charge in [0.05, 0.1) is 12.6 Å². The van der Waals surface area contributed by atoms with Gasteiger partial charge in [-0.25, -0.2) is 0 Å². The number of benzene rings is 1. The van der Waals surface area contributed by atoms with Gasteiger partial charge in [-0.15, -0.1) is 12.4 Å². The number of nitrogens with one attached hydrogen (secondary N) is 1. The summed E-state index contributed by atoms with van der Waals surface area (Å²) >= 11 is 5.94. The number of hydrogen-bond donors (Lipinski definition) is 2. The molecule has 1 saturated heterocycles. The summed E-state index contributed by atoms with van der Waals surface area (Å²) in [6, 6.07) is 6.94. The monoisotopic (exact) mass is 291 g/mol. The van der Waals surface area contributed by atoms with Gasteiger partial charge in [-0.1, -0.05) is 23.7 Å². The molecule has 0 aromatic heterocycles. The lowest BCUT2D eigenvalue weighted by atomic mass is 9.93. The van der Waals surface area contributed by atoms with Crippen LogP contribution in [0.15, 0.2) is 24.3 Å². The van der Waals surface area contributed by atoms with Crippen molar-refractivity contribution in [3.8, 4) is 0 Å². The second-order valence-corrected chi connectivity index (χ2v) is 5.68. The van der Waals surface area contributed by atoms with Crippen LogP contribution in [0.4, 0.5) is 0 Å². The molecule has 18 heavy (non-hydrogen) atoms. The molecule has 0 spiro atoms. The molecule has 2 N–H and O–H groups in total. The second kappa shape index (κ2) is 5.35. The third kappa shape index (κ3) is 2.98. The Labute approximate surface area is 119 Å². The van der Waals surface area contributed by atoms with Crippen molar-refractivity contribution < 1.29 is 9.84 Å². The molecule has 0 saturated carbocycles. The lowest BCUT2D eigenvalue weighted by Crippen LogP contribution is -2.63. The summed E-state index contributed by atoms with van der Waals surface area (Å²) in [7, 11) is 0. The highest BCUT2D eigenvalue weighted by Gasteiger charge is 2.44. The van der Waals surface area contributed by atoms with E-state index in [4.69, 9.17) is 16.3 Å². The summed E-state index contributed by atoms with van der Waals surface area (Å²) in [5.74, 6) is -1.32. The molecule has 3 nitrogen and oxygen atoms in total. The van der Waals surface area contributed by atoms with Crippen LogP contribution in [-0.4, -0.2) is 23.3 Å². The average molecular weight is 292 g/mol. The summed E-state index contributed by atoms with van der Waals surface area (Å²) in [6.07, 6.45) is 0. The normalized spacial score (nSPS) is 30.6. The van der Waals surface area contributed by atoms with Crippen molar-refractivity contribution in [1.82, 2.24) is 5.32 Å². The first kappa shape index (κ1) is 15.7. The molecule has 1 heterocycles. The molecule has 0 bridgehead atoms. The summed E-state index contributed by atoms with van der Waals surface area (Å²) in [4.78, 5) is 0. The predicted octanol–water partition coefficient (Wildman–Crippen LogP) is 2.69. The number of morpholine rings is 1. The van der Waals surface area contributed by atoms with E-state index in [0.717, 1.165) is 0 Å². The van der Waals surface area contributed by atoms with E-state index in [1.54, 1.807) is 12.1 Å². The molecule has 1 aliphatic rings. The van der Waals surface area contributed by atoms with E-state index in [-0.39, 0.29) is 24.0 Å². The number of halogens is 2. The van der Waals surface area contributed by atoms with E-state index in [2.05, 4.69) is 5.32 Å². The van der Waals surface area contributed by atoms with Crippen LogP contribution >= 0.6 is 24.0 Å². The van der Waals surface area contributed by atoms with Crippen LogP contribution in [0.3, 0.4) is 0 Å². The van der Waals surface area contributed by atoms with Gasteiger partial charge in [-0.2, -0.15) is 0 Å². The van der Waals surface area contributed by atoms with Crippen LogP contribution in [0.1, 0.15) is 26.3 Å². The largest absolute Gasteiger partial charge is 0.361 e. The molecular formula is C13H19Cl2NO2. The van der Waals surface area contributed by atoms with Crippen LogP contribution in [-0.2, 0) is 10.5 Å². The van der Waals surface area contributed by atoms with Gasteiger partial charge in [-0.05, 0) is 32.9 Å². The minimum atomic E-state index is -1.32. The first-order valence-electron chi connectivity index (χ1n) is 5.74. The lowest BCUT2D eigenvalue weighted by molar-refractivity contribution is -0.263. The number of hydrogen-bond acceptors (Lipinski definition) is 3. The molecule has 102 valence electrons. The second-order valence-electron chi connectivity index (χ2n) is 5.25. The van der Waals surface area contributed by atoms with E-state index in [1.807, 2.05) is 32.9 Å². The molecule has 2 atom stereocenters. The first-order valence-corrected chi connectivity index (χ1v) is 6.11. The molecule has 2 rings (SSSR count). The maximum Gasteiger partial charge on any atom is 0.208 e. The zero-order valence-electron chi connectivity index (χ0n) is 10.7. The number of aliphatic hydroxyl groups is 1. The molecule has 0 radical (unpaired) electrons. The highest BCUT2D eigenvalue weighted by atomic mass is 35.5. The zero-order chi connectivity index (χ0) is 12.7. The molecule has 0 aliphatic carbocycles. The molecule has 2 unspecified atom stereocenters. The van der Waals surface area contributed by atoms with Gasteiger partial charge in [0.15, 0.2) is 0 Å². The Balaban J connectivity index is 0.00000162. The maximum atomic E-state index is 10.6. The maximum absolute atomic E-state index is 10.6. The van der Waals surface area contributed by atoms with Gasteiger partial charge in [-0.3, -0.25) is 0 Å². The molecule has 5 heteroatoms. The number of ether oxygens (including phenoxy) is 1. The quantitative estimate of drug-likeness (QED) is 0.836. The van der Waals surface area contributed by atoms with E-state index in [1.165, 1.54) is 0 Å². The van der Waals surface area contributed by atoms with E-state index >= 15 is 0 Å². The van der Waals surface area contributed by atoms with Gasteiger partial charge >= 0.3 is 0 Å². The molecule has 1 fully saturated rings. The van der Waals surface area contributed by atoms with Crippen LogP contribution in [0.5, 0.6) is 0 Å². The molecule has 0 amide bonds. The SMILES string of the molecule is CC1NC(C)(C)COC1(O)c1cccc(Cl)c1.Cl. The third-order valence-corrected chi connectivity index (χ3v) is 3.32. The first-order chi connectivity index (χ1) is 7.83. The summed E-state index contributed by atoms with van der Waals surface area (Å²) in [6.45, 7) is 6.43. The molecule has 1 aromatic carbocycles. The number of rotatable bonds is 1. The Hall–Kier alpha value is -0.320. The molecule has 1 aromatic rings. The minimum absolute atomic E-state index is 0. The van der Waals surface area contributed by atoms with Crippen molar-refractivity contribution in [1.29, 1.82) is 0 Å². The zero-order valence-corrected chi connectivity index (χ0v) is 12.3. The van der Waals surface area contributed by atoms with Gasteiger partial charge in [0, 0.05) is 16.1 Å². The highest BCUT2D eigenvalue weighted by molar-refractivity contribution is 6.30. The van der Waals surface area contributed by atoms with Gasteiger partial charge in [0.2, 0.25) is 5.79 Å². The van der Waals surface area contributed by atoms with Crippen LogP contribution in [0, 0.1) is 0 Å². The van der Waals surface area contributed by atoms with Crippen molar-refractivity contribution in [3.63, 3.8) is 0 Å². The fourth-order valence-corrected chi connectivity index (χ4v) is 2.38. The average Bonchev–Trinajstić information content (AvgIpc) is 2.24. The van der Waals surface area contributed by atoms with Crippen LogP contribution in [0.2, 0.25) is 5.02 Å². The summed E-state index contributed by atoms with van der Waals surface area (Å²) in [5.41, 5.74) is 0.546. The van der Waals surface area contributed by atoms with E-state index < -0.39 is 5.79 Å². The Morgan fingerprint density at radius 2 is 2.11 bits per heavy atom. The predicted molar refractivity (Wildman–Crippen MR) is 75.2 cm³/mol. The Bertz CT molecular complexity index is 425.